The van der Waals surface area contributed by atoms with Crippen molar-refractivity contribution in [1.82, 2.24) is 4.98 Å². The van der Waals surface area contributed by atoms with Crippen LogP contribution in [0.3, 0.4) is 0 Å². The fourth-order valence-corrected chi connectivity index (χ4v) is 2.78. The Labute approximate surface area is 164 Å². The number of oxazole rings is 1. The van der Waals surface area contributed by atoms with E-state index in [1.165, 1.54) is 18.2 Å². The van der Waals surface area contributed by atoms with Gasteiger partial charge in [0.2, 0.25) is 5.89 Å². The maximum Gasteiger partial charge on any atom is 0.276 e. The zero-order valence-electron chi connectivity index (χ0n) is 15.0. The van der Waals surface area contributed by atoms with Crippen LogP contribution in [-0.4, -0.2) is 16.1 Å². The summed E-state index contributed by atoms with van der Waals surface area (Å²) in [5.41, 5.74) is 3.10. The van der Waals surface area contributed by atoms with E-state index >= 15 is 0 Å². The monoisotopic (exact) mass is 387 g/mol. The predicted molar refractivity (Wildman–Crippen MR) is 110 cm³/mol. The average Bonchev–Trinajstić information content (AvgIpc) is 3.15. The summed E-state index contributed by atoms with van der Waals surface area (Å²) in [4.78, 5) is 19.4. The highest BCUT2D eigenvalue weighted by Crippen LogP contribution is 2.27. The number of halogens is 1. The zero-order chi connectivity index (χ0) is 20.2. The second-order valence-electron chi connectivity index (χ2n) is 6.13. The number of hydrogen-bond acceptors (Lipinski definition) is 5. The van der Waals surface area contributed by atoms with E-state index in [-0.39, 0.29) is 11.5 Å². The minimum atomic E-state index is -0.423. The third-order valence-electron chi connectivity index (χ3n) is 4.18. The number of nitro benzene ring substituents is 1. The third kappa shape index (κ3) is 4.08. The molecule has 0 aliphatic heterocycles. The number of nitrogens with zero attached hydrogens (tertiary/aromatic N) is 3. The van der Waals surface area contributed by atoms with Gasteiger partial charge < -0.3 is 4.42 Å². The van der Waals surface area contributed by atoms with Crippen molar-refractivity contribution in [1.29, 1.82) is 0 Å². The van der Waals surface area contributed by atoms with Crippen LogP contribution in [0.1, 0.15) is 5.56 Å². The lowest BCUT2D eigenvalue weighted by molar-refractivity contribution is -0.385. The number of nitro groups is 1. The van der Waals surface area contributed by atoms with Gasteiger partial charge in [0.25, 0.3) is 5.69 Å². The highest BCUT2D eigenvalue weighted by atomic mass is 19.1. The molecule has 29 heavy (non-hydrogen) atoms. The van der Waals surface area contributed by atoms with E-state index < -0.39 is 4.92 Å². The Morgan fingerprint density at radius 2 is 1.86 bits per heavy atom. The minimum absolute atomic E-state index is 0.0366. The van der Waals surface area contributed by atoms with Crippen LogP contribution in [0.4, 0.5) is 15.8 Å². The maximum absolute atomic E-state index is 13.1. The molecule has 0 radical (unpaired) electrons. The summed E-state index contributed by atoms with van der Waals surface area (Å²) in [5.74, 6) is 0.0767. The van der Waals surface area contributed by atoms with Crippen molar-refractivity contribution in [2.75, 3.05) is 0 Å². The van der Waals surface area contributed by atoms with Crippen LogP contribution in [0, 0.1) is 15.9 Å². The largest absolute Gasteiger partial charge is 0.436 e. The summed E-state index contributed by atoms with van der Waals surface area (Å²) in [6, 6.07) is 17.7. The second kappa shape index (κ2) is 7.85. The SMILES string of the molecule is O=[N+]([O-])c1ccccc1/C=C/C=Nc1ccc2oc(-c3ccc(F)cc3)nc2c1. The molecule has 0 bridgehead atoms. The van der Waals surface area contributed by atoms with Crippen molar-refractivity contribution in [3.63, 3.8) is 0 Å². The number of benzene rings is 3. The first kappa shape index (κ1) is 18.2. The molecule has 0 amide bonds. The molecule has 0 saturated heterocycles. The van der Waals surface area contributed by atoms with E-state index in [0.717, 1.165) is 0 Å². The maximum atomic E-state index is 13.1. The van der Waals surface area contributed by atoms with Crippen molar-refractivity contribution < 1.29 is 13.7 Å². The number of allylic oxidation sites excluding steroid dienone is 1. The Morgan fingerprint density at radius 1 is 1.07 bits per heavy atom. The van der Waals surface area contributed by atoms with Gasteiger partial charge in [0.05, 0.1) is 16.2 Å². The number of aromatic nitrogens is 1. The van der Waals surface area contributed by atoms with Gasteiger partial charge in [0.1, 0.15) is 11.3 Å². The first-order chi connectivity index (χ1) is 14.1. The molecule has 4 aromatic rings. The molecular formula is C22H14FN3O3. The van der Waals surface area contributed by atoms with Crippen LogP contribution in [0.5, 0.6) is 0 Å². The van der Waals surface area contributed by atoms with Gasteiger partial charge in [0, 0.05) is 17.8 Å². The van der Waals surface area contributed by atoms with Crippen molar-refractivity contribution in [2.45, 2.75) is 0 Å². The second-order valence-corrected chi connectivity index (χ2v) is 6.13. The molecule has 0 saturated carbocycles. The van der Waals surface area contributed by atoms with E-state index in [9.17, 15) is 14.5 Å². The van der Waals surface area contributed by atoms with Gasteiger partial charge in [-0.25, -0.2) is 9.37 Å². The molecule has 3 aromatic carbocycles. The van der Waals surface area contributed by atoms with Gasteiger partial charge in [-0.15, -0.1) is 0 Å². The molecule has 142 valence electrons. The Hall–Kier alpha value is -4.13. The molecule has 7 heteroatoms. The van der Waals surface area contributed by atoms with Crippen molar-refractivity contribution in [3.8, 4) is 11.5 Å². The van der Waals surface area contributed by atoms with Crippen LogP contribution < -0.4 is 0 Å². The molecule has 4 rings (SSSR count). The smallest absolute Gasteiger partial charge is 0.276 e. The van der Waals surface area contributed by atoms with Gasteiger partial charge in [-0.2, -0.15) is 0 Å². The lowest BCUT2D eigenvalue weighted by atomic mass is 10.1. The highest BCUT2D eigenvalue weighted by molar-refractivity contribution is 5.84. The van der Waals surface area contributed by atoms with Crippen molar-refractivity contribution in [2.24, 2.45) is 4.99 Å². The Bertz CT molecular complexity index is 1240. The van der Waals surface area contributed by atoms with Gasteiger partial charge in [-0.3, -0.25) is 15.1 Å². The van der Waals surface area contributed by atoms with E-state index in [2.05, 4.69) is 9.98 Å². The number of aliphatic imine (C=N–C) groups is 1. The molecular weight excluding hydrogens is 373 g/mol. The molecule has 1 aromatic heterocycles. The van der Waals surface area contributed by atoms with Crippen molar-refractivity contribution in [3.05, 3.63) is 94.3 Å². The molecule has 1 heterocycles. The molecule has 0 spiro atoms. The molecule has 6 nitrogen and oxygen atoms in total. The summed E-state index contributed by atoms with van der Waals surface area (Å²) >= 11 is 0. The molecule has 0 unspecified atom stereocenters. The van der Waals surface area contributed by atoms with E-state index in [1.54, 1.807) is 66.9 Å². The van der Waals surface area contributed by atoms with Crippen LogP contribution in [0.2, 0.25) is 0 Å². The molecule has 0 aliphatic rings. The summed E-state index contributed by atoms with van der Waals surface area (Å²) in [7, 11) is 0. The summed E-state index contributed by atoms with van der Waals surface area (Å²) in [5, 5.41) is 11.0. The fraction of sp³-hybridized carbons (Fsp3) is 0. The zero-order valence-corrected chi connectivity index (χ0v) is 15.0. The number of fused-ring (bicyclic) bond motifs is 1. The normalized spacial score (nSPS) is 11.6. The summed E-state index contributed by atoms with van der Waals surface area (Å²) < 4.78 is 18.8. The Morgan fingerprint density at radius 3 is 2.66 bits per heavy atom. The van der Waals surface area contributed by atoms with Gasteiger partial charge in [-0.1, -0.05) is 12.1 Å². The molecule has 0 atom stereocenters. The lowest BCUT2D eigenvalue weighted by Crippen LogP contribution is -1.90. The predicted octanol–water partition coefficient (Wildman–Crippen LogP) is 5.96. The summed E-state index contributed by atoms with van der Waals surface area (Å²) in [6.07, 6.45) is 4.82. The number of rotatable bonds is 5. The highest BCUT2D eigenvalue weighted by Gasteiger charge is 2.09. The van der Waals surface area contributed by atoms with Crippen LogP contribution in [0.15, 0.2) is 82.2 Å². The molecule has 0 aliphatic carbocycles. The number of hydrogen-bond donors (Lipinski definition) is 0. The quantitative estimate of drug-likeness (QED) is 0.240. The summed E-state index contributed by atoms with van der Waals surface area (Å²) in [6.45, 7) is 0. The minimum Gasteiger partial charge on any atom is -0.436 e. The van der Waals surface area contributed by atoms with Gasteiger partial charge >= 0.3 is 0 Å². The first-order valence-corrected chi connectivity index (χ1v) is 8.71. The topological polar surface area (TPSA) is 81.5 Å². The standard InChI is InChI=1S/C22H14FN3O3/c23-17-9-7-16(8-10-17)22-25-19-14-18(11-12-21(19)29-22)24-13-3-5-15-4-1-2-6-20(15)26(27)28/h1-14H/b5-3+,24-13?. The third-order valence-corrected chi connectivity index (χ3v) is 4.18. The number of para-hydroxylation sites is 1. The average molecular weight is 387 g/mol. The van der Waals surface area contributed by atoms with Crippen LogP contribution in [-0.2, 0) is 0 Å². The van der Waals surface area contributed by atoms with Crippen LogP contribution >= 0.6 is 0 Å². The fourth-order valence-electron chi connectivity index (χ4n) is 2.78. The first-order valence-electron chi connectivity index (χ1n) is 8.71. The Balaban J connectivity index is 1.54. The molecule has 0 N–H and O–H groups in total. The van der Waals surface area contributed by atoms with Crippen LogP contribution in [0.25, 0.3) is 28.6 Å². The van der Waals surface area contributed by atoms with E-state index in [4.69, 9.17) is 4.42 Å². The lowest BCUT2D eigenvalue weighted by Gasteiger charge is -1.95. The molecule has 0 fully saturated rings. The van der Waals surface area contributed by atoms with Crippen molar-refractivity contribution >= 4 is 34.8 Å². The Kier molecular flexibility index (Phi) is 4.94. The van der Waals surface area contributed by atoms with Gasteiger partial charge in [-0.05, 0) is 60.7 Å². The van der Waals surface area contributed by atoms with E-state index in [0.29, 0.717) is 33.8 Å². The van der Waals surface area contributed by atoms with Gasteiger partial charge in [0.15, 0.2) is 5.58 Å². The van der Waals surface area contributed by atoms with E-state index in [1.807, 2.05) is 0 Å².